The molecule has 1 aromatic heterocycles. The Balaban J connectivity index is 2.28. The predicted molar refractivity (Wildman–Crippen MR) is 65.2 cm³/mol. The van der Waals surface area contributed by atoms with Crippen molar-refractivity contribution in [2.24, 2.45) is 0 Å². The second-order valence-electron chi connectivity index (χ2n) is 3.54. The van der Waals surface area contributed by atoms with E-state index in [1.54, 1.807) is 6.92 Å². The van der Waals surface area contributed by atoms with Gasteiger partial charge in [-0.3, -0.25) is 0 Å². The molecule has 18 heavy (non-hydrogen) atoms. The topological polar surface area (TPSA) is 57.0 Å². The minimum Gasteiger partial charge on any atom is -0.448 e. The van der Waals surface area contributed by atoms with Crippen LogP contribution in [0, 0.1) is 19.3 Å². The molecule has 0 fully saturated rings. The number of ether oxygens (including phenoxy) is 1. The van der Waals surface area contributed by atoms with E-state index in [0.29, 0.717) is 5.69 Å². The van der Waals surface area contributed by atoms with Gasteiger partial charge in [0.05, 0.1) is 11.4 Å². The third kappa shape index (κ3) is 2.38. The average Bonchev–Trinajstić information content (AvgIpc) is 2.79. The molecule has 2 aromatic rings. The number of nitrogens with zero attached hydrogens (tertiary/aromatic N) is 3. The van der Waals surface area contributed by atoms with Crippen LogP contribution < -0.4 is 0 Å². The summed E-state index contributed by atoms with van der Waals surface area (Å²) in [6, 6.07) is 9.31. The molecule has 0 unspecified atom stereocenters. The van der Waals surface area contributed by atoms with Crippen LogP contribution in [-0.4, -0.2) is 27.6 Å². The monoisotopic (exact) mass is 241 g/mol. The fourth-order valence-corrected chi connectivity index (χ4v) is 1.42. The summed E-state index contributed by atoms with van der Waals surface area (Å²) in [5, 5.41) is 8.26. The van der Waals surface area contributed by atoms with Crippen LogP contribution in [-0.2, 0) is 4.74 Å². The zero-order chi connectivity index (χ0) is 13.0. The summed E-state index contributed by atoms with van der Waals surface area (Å²) < 4.78 is 4.82. The number of terminal acetylenes is 1. The van der Waals surface area contributed by atoms with Crippen molar-refractivity contribution < 1.29 is 9.53 Å². The first kappa shape index (κ1) is 11.9. The van der Waals surface area contributed by atoms with E-state index in [9.17, 15) is 4.79 Å². The van der Waals surface area contributed by atoms with E-state index < -0.39 is 5.97 Å². The molecular weight excluding hydrogens is 230 g/mol. The Bertz CT molecular complexity index is 596. The maximum Gasteiger partial charge on any atom is 0.361 e. The van der Waals surface area contributed by atoms with Gasteiger partial charge in [0.15, 0.2) is 12.3 Å². The Kier molecular flexibility index (Phi) is 3.39. The number of hydrogen-bond acceptors (Lipinski definition) is 4. The van der Waals surface area contributed by atoms with Crippen LogP contribution in [0.4, 0.5) is 0 Å². The van der Waals surface area contributed by atoms with E-state index in [2.05, 4.69) is 16.1 Å². The Hall–Kier alpha value is -2.61. The van der Waals surface area contributed by atoms with Crippen molar-refractivity contribution in [2.75, 3.05) is 6.61 Å². The highest BCUT2D eigenvalue weighted by atomic mass is 16.5. The van der Waals surface area contributed by atoms with Crippen LogP contribution in [0.5, 0.6) is 0 Å². The van der Waals surface area contributed by atoms with Crippen molar-refractivity contribution >= 4 is 5.97 Å². The van der Waals surface area contributed by atoms with Crippen LogP contribution in [0.3, 0.4) is 0 Å². The van der Waals surface area contributed by atoms with Crippen molar-refractivity contribution in [1.29, 1.82) is 0 Å². The van der Waals surface area contributed by atoms with Gasteiger partial charge in [0, 0.05) is 0 Å². The van der Waals surface area contributed by atoms with Crippen molar-refractivity contribution in [1.82, 2.24) is 15.0 Å². The molecule has 5 heteroatoms. The largest absolute Gasteiger partial charge is 0.448 e. The van der Waals surface area contributed by atoms with Gasteiger partial charge < -0.3 is 4.74 Å². The normalized spacial score (nSPS) is 9.78. The molecule has 0 aliphatic heterocycles. The Morgan fingerprint density at radius 1 is 1.39 bits per heavy atom. The van der Waals surface area contributed by atoms with Crippen molar-refractivity contribution in [3.8, 4) is 18.0 Å². The molecule has 0 atom stereocenters. The van der Waals surface area contributed by atoms with Gasteiger partial charge in [-0.2, -0.15) is 9.90 Å². The summed E-state index contributed by atoms with van der Waals surface area (Å²) in [6.07, 6.45) is 5.02. The number of carbonyl (C=O) groups is 1. The van der Waals surface area contributed by atoms with Crippen LogP contribution in [0.1, 0.15) is 16.2 Å². The second kappa shape index (κ2) is 5.15. The molecule has 0 N–H and O–H groups in total. The quantitative estimate of drug-likeness (QED) is 0.601. The molecule has 2 rings (SSSR count). The van der Waals surface area contributed by atoms with Gasteiger partial charge in [-0.1, -0.05) is 24.1 Å². The molecule has 1 aromatic carbocycles. The van der Waals surface area contributed by atoms with E-state index >= 15 is 0 Å². The highest BCUT2D eigenvalue weighted by molar-refractivity contribution is 5.88. The van der Waals surface area contributed by atoms with E-state index in [4.69, 9.17) is 11.2 Å². The van der Waals surface area contributed by atoms with E-state index in [-0.39, 0.29) is 12.3 Å². The lowest BCUT2D eigenvalue weighted by atomic mass is 10.3. The molecule has 0 saturated heterocycles. The number of rotatable bonds is 3. The van der Waals surface area contributed by atoms with Gasteiger partial charge in [0.25, 0.3) is 0 Å². The first-order valence-electron chi connectivity index (χ1n) is 5.32. The number of hydrogen-bond donors (Lipinski definition) is 0. The molecule has 0 amide bonds. The first-order chi connectivity index (χ1) is 8.72. The Morgan fingerprint density at radius 3 is 2.78 bits per heavy atom. The minimum absolute atomic E-state index is 0.0729. The van der Waals surface area contributed by atoms with Gasteiger partial charge in [-0.05, 0) is 19.1 Å². The van der Waals surface area contributed by atoms with Gasteiger partial charge in [-0.25, -0.2) is 4.79 Å². The zero-order valence-electron chi connectivity index (χ0n) is 9.83. The predicted octanol–water partition coefficient (Wildman–Crippen LogP) is 1.37. The summed E-state index contributed by atoms with van der Waals surface area (Å²) in [5.41, 5.74) is 1.45. The third-order valence-corrected chi connectivity index (χ3v) is 2.25. The molecule has 0 aliphatic rings. The van der Waals surface area contributed by atoms with Crippen molar-refractivity contribution in [3.63, 3.8) is 0 Å². The van der Waals surface area contributed by atoms with Crippen LogP contribution >= 0.6 is 0 Å². The minimum atomic E-state index is -0.562. The van der Waals surface area contributed by atoms with Crippen LogP contribution in [0.2, 0.25) is 0 Å². The average molecular weight is 241 g/mol. The number of aryl methyl sites for hydroxylation is 1. The highest BCUT2D eigenvalue weighted by Gasteiger charge is 2.17. The molecule has 0 bridgehead atoms. The Morgan fingerprint density at radius 2 is 2.11 bits per heavy atom. The zero-order valence-corrected chi connectivity index (χ0v) is 9.83. The molecule has 0 spiro atoms. The summed E-state index contributed by atoms with van der Waals surface area (Å²) in [6.45, 7) is 1.62. The van der Waals surface area contributed by atoms with Crippen molar-refractivity contribution in [2.45, 2.75) is 6.92 Å². The van der Waals surface area contributed by atoms with Gasteiger partial charge in [0.1, 0.15) is 0 Å². The molecule has 0 radical (unpaired) electrons. The van der Waals surface area contributed by atoms with Gasteiger partial charge in [-0.15, -0.1) is 11.5 Å². The molecule has 5 nitrogen and oxygen atoms in total. The number of para-hydroxylation sites is 1. The summed E-state index contributed by atoms with van der Waals surface area (Å²) in [4.78, 5) is 13.0. The molecule has 0 aliphatic carbocycles. The molecule has 0 saturated carbocycles. The summed E-state index contributed by atoms with van der Waals surface area (Å²) in [7, 11) is 0. The molecular formula is C13H11N3O2. The summed E-state index contributed by atoms with van der Waals surface area (Å²) in [5.74, 6) is 1.67. The maximum absolute atomic E-state index is 11.6. The lowest BCUT2D eigenvalue weighted by molar-refractivity contribution is 0.0548. The third-order valence-electron chi connectivity index (χ3n) is 2.25. The van der Waals surface area contributed by atoms with E-state index in [1.807, 2.05) is 30.3 Å². The standard InChI is InChI=1S/C13H11N3O2/c1-3-9-18-13(17)12-10(2)14-16(15-12)11-7-5-4-6-8-11/h1,4-8H,9H2,2H3. The van der Waals surface area contributed by atoms with Gasteiger partial charge in [0.2, 0.25) is 0 Å². The van der Waals surface area contributed by atoms with Crippen LogP contribution in [0.25, 0.3) is 5.69 Å². The number of aromatic nitrogens is 3. The summed E-state index contributed by atoms with van der Waals surface area (Å²) >= 11 is 0. The number of benzene rings is 1. The molecule has 1 heterocycles. The van der Waals surface area contributed by atoms with E-state index in [1.165, 1.54) is 4.80 Å². The van der Waals surface area contributed by atoms with Crippen molar-refractivity contribution in [3.05, 3.63) is 41.7 Å². The lowest BCUT2D eigenvalue weighted by Crippen LogP contribution is -2.08. The molecule has 90 valence electrons. The van der Waals surface area contributed by atoms with E-state index in [0.717, 1.165) is 5.69 Å². The first-order valence-corrected chi connectivity index (χ1v) is 5.32. The highest BCUT2D eigenvalue weighted by Crippen LogP contribution is 2.08. The second-order valence-corrected chi connectivity index (χ2v) is 3.54. The fourth-order valence-electron chi connectivity index (χ4n) is 1.42. The number of carbonyl (C=O) groups excluding carboxylic acids is 1. The number of esters is 1. The van der Waals surface area contributed by atoms with Crippen LogP contribution in [0.15, 0.2) is 30.3 Å². The Labute approximate surface area is 104 Å². The lowest BCUT2D eigenvalue weighted by Gasteiger charge is -1.98. The maximum atomic E-state index is 11.6. The SMILES string of the molecule is C#CCOC(=O)c1nn(-c2ccccc2)nc1C. The fraction of sp³-hybridized carbons (Fsp3) is 0.154. The smallest absolute Gasteiger partial charge is 0.361 e. The van der Waals surface area contributed by atoms with Gasteiger partial charge >= 0.3 is 5.97 Å².